The van der Waals surface area contributed by atoms with Gasteiger partial charge in [0.25, 0.3) is 5.91 Å². The van der Waals surface area contributed by atoms with Crippen molar-refractivity contribution < 1.29 is 9.53 Å². The maximum Gasteiger partial charge on any atom is 0.257 e. The number of hydrogen-bond acceptors (Lipinski definition) is 3. The monoisotopic (exact) mass is 262 g/mol. The van der Waals surface area contributed by atoms with Gasteiger partial charge in [-0.2, -0.15) is 0 Å². The number of piperidine rings is 1. The molecule has 2 N–H and O–H groups in total. The van der Waals surface area contributed by atoms with E-state index in [0.717, 1.165) is 31.8 Å². The highest BCUT2D eigenvalue weighted by Gasteiger charge is 2.24. The largest absolute Gasteiger partial charge is 0.496 e. The van der Waals surface area contributed by atoms with Gasteiger partial charge in [0, 0.05) is 18.8 Å². The molecule has 1 aromatic carbocycles. The maximum atomic E-state index is 12.5. The summed E-state index contributed by atoms with van der Waals surface area (Å²) in [6, 6.07) is 5.20. The number of likely N-dealkylation sites (tertiary alicyclic amines) is 1. The first-order valence-corrected chi connectivity index (χ1v) is 6.88. The van der Waals surface area contributed by atoms with Crippen LogP contribution >= 0.6 is 0 Å². The molecular weight excluding hydrogens is 240 g/mol. The van der Waals surface area contributed by atoms with Crippen molar-refractivity contribution in [3.05, 3.63) is 23.8 Å². The number of ether oxygens (including phenoxy) is 1. The van der Waals surface area contributed by atoms with Crippen LogP contribution in [0.3, 0.4) is 0 Å². The van der Waals surface area contributed by atoms with Crippen LogP contribution in [0, 0.1) is 5.92 Å². The highest BCUT2D eigenvalue weighted by Crippen LogP contribution is 2.26. The minimum atomic E-state index is 0.0266. The second-order valence-corrected chi connectivity index (χ2v) is 5.10. The summed E-state index contributed by atoms with van der Waals surface area (Å²) < 4.78 is 5.25. The Balaban J connectivity index is 2.14. The predicted molar refractivity (Wildman–Crippen MR) is 76.3 cm³/mol. The maximum absolute atomic E-state index is 12.5. The van der Waals surface area contributed by atoms with Crippen LogP contribution in [0.5, 0.6) is 5.75 Å². The van der Waals surface area contributed by atoms with E-state index in [1.54, 1.807) is 25.3 Å². The van der Waals surface area contributed by atoms with E-state index in [1.807, 2.05) is 4.90 Å². The zero-order valence-electron chi connectivity index (χ0n) is 11.7. The van der Waals surface area contributed by atoms with Crippen molar-refractivity contribution in [3.63, 3.8) is 0 Å². The van der Waals surface area contributed by atoms with E-state index in [-0.39, 0.29) is 5.91 Å². The smallest absolute Gasteiger partial charge is 0.257 e. The number of nitrogens with two attached hydrogens (primary N) is 1. The predicted octanol–water partition coefficient (Wildman–Crippen LogP) is 2.54. The number of nitrogen functional groups attached to an aromatic ring is 1. The van der Waals surface area contributed by atoms with Gasteiger partial charge in [-0.1, -0.05) is 13.3 Å². The lowest BCUT2D eigenvalue weighted by molar-refractivity contribution is 0.0685. The molecule has 0 aliphatic carbocycles. The van der Waals surface area contributed by atoms with Crippen molar-refractivity contribution in [1.29, 1.82) is 0 Å². The molecule has 2 rings (SSSR count). The van der Waals surface area contributed by atoms with Crippen molar-refractivity contribution in [2.45, 2.75) is 26.2 Å². The van der Waals surface area contributed by atoms with Crippen LogP contribution in [0.25, 0.3) is 0 Å². The highest BCUT2D eigenvalue weighted by molar-refractivity contribution is 5.97. The summed E-state index contributed by atoms with van der Waals surface area (Å²) in [5.41, 5.74) is 6.92. The molecule has 1 aromatic rings. The molecule has 1 aliphatic heterocycles. The third-order valence-corrected chi connectivity index (χ3v) is 3.93. The molecular formula is C15H22N2O2. The van der Waals surface area contributed by atoms with E-state index in [1.165, 1.54) is 6.42 Å². The molecule has 19 heavy (non-hydrogen) atoms. The average molecular weight is 262 g/mol. The number of amides is 1. The van der Waals surface area contributed by atoms with Gasteiger partial charge in [-0.05, 0) is 37.0 Å². The van der Waals surface area contributed by atoms with Crippen LogP contribution in [-0.4, -0.2) is 31.0 Å². The van der Waals surface area contributed by atoms with Crippen LogP contribution in [0.4, 0.5) is 5.69 Å². The van der Waals surface area contributed by atoms with Gasteiger partial charge in [0.15, 0.2) is 0 Å². The molecule has 1 aliphatic rings. The Kier molecular flexibility index (Phi) is 4.30. The van der Waals surface area contributed by atoms with E-state index in [9.17, 15) is 4.79 Å². The lowest BCUT2D eigenvalue weighted by atomic mass is 9.94. The molecule has 0 atom stereocenters. The summed E-state index contributed by atoms with van der Waals surface area (Å²) in [6.45, 7) is 3.87. The van der Waals surface area contributed by atoms with Gasteiger partial charge in [-0.15, -0.1) is 0 Å². The van der Waals surface area contributed by atoms with E-state index in [4.69, 9.17) is 10.5 Å². The molecule has 1 saturated heterocycles. The molecule has 1 amide bonds. The Morgan fingerprint density at radius 1 is 1.42 bits per heavy atom. The van der Waals surface area contributed by atoms with Crippen LogP contribution in [-0.2, 0) is 0 Å². The summed E-state index contributed by atoms with van der Waals surface area (Å²) in [5.74, 6) is 1.38. The molecule has 0 saturated carbocycles. The number of rotatable bonds is 3. The van der Waals surface area contributed by atoms with Gasteiger partial charge in [0.2, 0.25) is 0 Å². The Hall–Kier alpha value is -1.71. The average Bonchev–Trinajstić information content (AvgIpc) is 2.46. The normalized spacial score (nSPS) is 16.4. The number of carbonyl (C=O) groups is 1. The number of anilines is 1. The summed E-state index contributed by atoms with van der Waals surface area (Å²) in [6.07, 6.45) is 3.38. The lowest BCUT2D eigenvalue weighted by Gasteiger charge is -2.31. The van der Waals surface area contributed by atoms with Crippen LogP contribution in [0.15, 0.2) is 18.2 Å². The fourth-order valence-corrected chi connectivity index (χ4v) is 2.61. The quantitative estimate of drug-likeness (QED) is 0.852. The number of carbonyl (C=O) groups excluding carboxylic acids is 1. The van der Waals surface area contributed by atoms with E-state index >= 15 is 0 Å². The Labute approximate surface area is 114 Å². The molecule has 1 heterocycles. The molecule has 0 radical (unpaired) electrons. The summed E-state index contributed by atoms with van der Waals surface area (Å²) in [7, 11) is 1.58. The minimum Gasteiger partial charge on any atom is -0.496 e. The Bertz CT molecular complexity index is 451. The number of benzene rings is 1. The highest BCUT2D eigenvalue weighted by atomic mass is 16.5. The SMILES string of the molecule is CCC1CCN(C(=O)c2cc(N)ccc2OC)CC1. The fraction of sp³-hybridized carbons (Fsp3) is 0.533. The van der Waals surface area contributed by atoms with Crippen LogP contribution < -0.4 is 10.5 Å². The van der Waals surface area contributed by atoms with Crippen LogP contribution in [0.2, 0.25) is 0 Å². The Morgan fingerprint density at radius 3 is 2.68 bits per heavy atom. The molecule has 0 spiro atoms. The standard InChI is InChI=1S/C15H22N2O2/c1-3-11-6-8-17(9-7-11)15(18)13-10-12(16)4-5-14(13)19-2/h4-5,10-11H,3,6-9,16H2,1-2H3. The van der Waals surface area contributed by atoms with Crippen molar-refractivity contribution in [2.24, 2.45) is 5.92 Å². The summed E-state index contributed by atoms with van der Waals surface area (Å²) >= 11 is 0. The van der Waals surface area contributed by atoms with Gasteiger partial charge >= 0.3 is 0 Å². The first-order valence-electron chi connectivity index (χ1n) is 6.88. The zero-order valence-corrected chi connectivity index (χ0v) is 11.7. The zero-order chi connectivity index (χ0) is 13.8. The van der Waals surface area contributed by atoms with Gasteiger partial charge in [0.1, 0.15) is 5.75 Å². The van der Waals surface area contributed by atoms with Crippen molar-refractivity contribution in [3.8, 4) is 5.75 Å². The van der Waals surface area contributed by atoms with Gasteiger partial charge < -0.3 is 15.4 Å². The lowest BCUT2D eigenvalue weighted by Crippen LogP contribution is -2.38. The molecule has 104 valence electrons. The third kappa shape index (κ3) is 3.00. The van der Waals surface area contributed by atoms with Crippen molar-refractivity contribution in [1.82, 2.24) is 4.90 Å². The van der Waals surface area contributed by atoms with Gasteiger partial charge in [-0.25, -0.2) is 0 Å². The number of hydrogen-bond donors (Lipinski definition) is 1. The first kappa shape index (κ1) is 13.7. The molecule has 0 aromatic heterocycles. The van der Waals surface area contributed by atoms with Gasteiger partial charge in [-0.3, -0.25) is 4.79 Å². The topological polar surface area (TPSA) is 55.6 Å². The van der Waals surface area contributed by atoms with E-state index in [0.29, 0.717) is 17.0 Å². The summed E-state index contributed by atoms with van der Waals surface area (Å²) in [5, 5.41) is 0. The molecule has 0 bridgehead atoms. The van der Waals surface area contributed by atoms with Crippen molar-refractivity contribution in [2.75, 3.05) is 25.9 Å². The molecule has 1 fully saturated rings. The van der Waals surface area contributed by atoms with Gasteiger partial charge in [0.05, 0.1) is 12.7 Å². The Morgan fingerprint density at radius 2 is 2.11 bits per heavy atom. The van der Waals surface area contributed by atoms with Crippen molar-refractivity contribution >= 4 is 11.6 Å². The first-order chi connectivity index (χ1) is 9.15. The van der Waals surface area contributed by atoms with E-state index < -0.39 is 0 Å². The molecule has 0 unspecified atom stereocenters. The molecule has 4 nitrogen and oxygen atoms in total. The van der Waals surface area contributed by atoms with Crippen LogP contribution in [0.1, 0.15) is 36.5 Å². The van der Waals surface area contributed by atoms with E-state index in [2.05, 4.69) is 6.92 Å². The third-order valence-electron chi connectivity index (χ3n) is 3.93. The molecule has 4 heteroatoms. The number of methoxy groups -OCH3 is 1. The number of nitrogens with zero attached hydrogens (tertiary/aromatic N) is 1. The second kappa shape index (κ2) is 5.95. The minimum absolute atomic E-state index is 0.0266. The fourth-order valence-electron chi connectivity index (χ4n) is 2.61. The summed E-state index contributed by atoms with van der Waals surface area (Å²) in [4.78, 5) is 14.4. The second-order valence-electron chi connectivity index (χ2n) is 5.10.